The molecular formula is C19H23Cl2N3O5S. The maximum absolute atomic E-state index is 12.7. The summed E-state index contributed by atoms with van der Waals surface area (Å²) in [5, 5.41) is 17.4. The summed E-state index contributed by atoms with van der Waals surface area (Å²) < 4.78 is 12.0. The fourth-order valence-electron chi connectivity index (χ4n) is 2.55. The van der Waals surface area contributed by atoms with Crippen LogP contribution in [0.5, 0.6) is 5.75 Å². The van der Waals surface area contributed by atoms with E-state index in [0.29, 0.717) is 45.8 Å². The first kappa shape index (κ1) is 24.3. The molecule has 164 valence electrons. The number of methoxy groups -OCH3 is 1. The Bertz CT molecular complexity index is 935. The lowest BCUT2D eigenvalue weighted by molar-refractivity contribution is -0.144. The van der Waals surface area contributed by atoms with Crippen molar-refractivity contribution in [1.82, 2.24) is 15.1 Å². The zero-order chi connectivity index (χ0) is 22.4. The fourth-order valence-corrected chi connectivity index (χ4v) is 4.14. The standard InChI is InChI=1S/C19H23Cl2N3O5S/c1-10-16(17(25)22-6-5-7-28-4)18(24(3)23-10)30-15-9-14(12(20)8-13(15)21)29-11(2)19(26)27/h8-9,11H,5-7H2,1-4H3,(H,22,25)(H,26,27)/t11-/m0/s1. The number of amides is 1. The molecule has 0 radical (unpaired) electrons. The number of carboxylic acid groups (broad SMARTS) is 1. The van der Waals surface area contributed by atoms with Gasteiger partial charge in [-0.3, -0.25) is 9.48 Å². The van der Waals surface area contributed by atoms with E-state index >= 15 is 0 Å². The summed E-state index contributed by atoms with van der Waals surface area (Å²) >= 11 is 13.7. The first-order valence-corrected chi connectivity index (χ1v) is 10.6. The van der Waals surface area contributed by atoms with Crippen LogP contribution in [0.25, 0.3) is 0 Å². The van der Waals surface area contributed by atoms with Gasteiger partial charge in [0.15, 0.2) is 6.10 Å². The largest absolute Gasteiger partial charge is 0.479 e. The number of benzene rings is 1. The molecule has 1 atom stereocenters. The Morgan fingerprint density at radius 2 is 2.03 bits per heavy atom. The Hall–Kier alpha value is -1.94. The van der Waals surface area contributed by atoms with Crippen LogP contribution in [0.1, 0.15) is 29.4 Å². The highest BCUT2D eigenvalue weighted by Gasteiger charge is 2.23. The van der Waals surface area contributed by atoms with Crippen molar-refractivity contribution >= 4 is 46.8 Å². The van der Waals surface area contributed by atoms with E-state index in [4.69, 9.17) is 37.8 Å². The number of halogens is 2. The van der Waals surface area contributed by atoms with Crippen molar-refractivity contribution in [3.05, 3.63) is 33.4 Å². The van der Waals surface area contributed by atoms with Crippen LogP contribution >= 0.6 is 35.0 Å². The van der Waals surface area contributed by atoms with Crippen molar-refractivity contribution in [1.29, 1.82) is 0 Å². The summed E-state index contributed by atoms with van der Waals surface area (Å²) in [5.74, 6) is -1.19. The highest BCUT2D eigenvalue weighted by molar-refractivity contribution is 7.99. The minimum absolute atomic E-state index is 0.183. The van der Waals surface area contributed by atoms with E-state index < -0.39 is 12.1 Å². The van der Waals surface area contributed by atoms with Crippen LogP contribution in [0.4, 0.5) is 0 Å². The van der Waals surface area contributed by atoms with E-state index in [0.717, 1.165) is 0 Å². The zero-order valence-electron chi connectivity index (χ0n) is 17.0. The minimum atomic E-state index is -1.12. The fraction of sp³-hybridized carbons (Fsp3) is 0.421. The second-order valence-corrected chi connectivity index (χ2v) is 8.25. The molecule has 0 aliphatic rings. The molecule has 0 saturated heterocycles. The molecule has 11 heteroatoms. The summed E-state index contributed by atoms with van der Waals surface area (Å²) in [6.07, 6.45) is -0.399. The number of rotatable bonds is 10. The molecule has 0 saturated carbocycles. The maximum atomic E-state index is 12.7. The van der Waals surface area contributed by atoms with Gasteiger partial charge in [-0.15, -0.1) is 0 Å². The third-order valence-corrected chi connectivity index (χ3v) is 5.99. The van der Waals surface area contributed by atoms with Gasteiger partial charge in [-0.05, 0) is 32.4 Å². The van der Waals surface area contributed by atoms with Crippen LogP contribution in [0.15, 0.2) is 22.1 Å². The summed E-state index contributed by atoms with van der Waals surface area (Å²) in [4.78, 5) is 24.4. The number of aryl methyl sites for hydroxylation is 2. The molecule has 2 aromatic rings. The highest BCUT2D eigenvalue weighted by atomic mass is 35.5. The van der Waals surface area contributed by atoms with Gasteiger partial charge in [0.05, 0.1) is 21.3 Å². The number of nitrogens with zero attached hydrogens (tertiary/aromatic N) is 2. The number of aliphatic carboxylic acids is 1. The summed E-state index contributed by atoms with van der Waals surface area (Å²) in [5.41, 5.74) is 1.01. The van der Waals surface area contributed by atoms with Gasteiger partial charge in [0, 0.05) is 32.2 Å². The van der Waals surface area contributed by atoms with Gasteiger partial charge < -0.3 is 19.9 Å². The number of aromatic nitrogens is 2. The number of hydrogen-bond donors (Lipinski definition) is 2. The van der Waals surface area contributed by atoms with Crippen molar-refractivity contribution in [3.63, 3.8) is 0 Å². The highest BCUT2D eigenvalue weighted by Crippen LogP contribution is 2.41. The van der Waals surface area contributed by atoms with Gasteiger partial charge >= 0.3 is 5.97 Å². The first-order chi connectivity index (χ1) is 14.1. The monoisotopic (exact) mass is 475 g/mol. The van der Waals surface area contributed by atoms with Crippen LogP contribution in [0, 0.1) is 6.92 Å². The van der Waals surface area contributed by atoms with E-state index in [-0.39, 0.29) is 16.7 Å². The second kappa shape index (κ2) is 10.9. The number of nitrogens with one attached hydrogen (secondary N) is 1. The lowest BCUT2D eigenvalue weighted by Crippen LogP contribution is -2.26. The second-order valence-electron chi connectivity index (χ2n) is 6.40. The average molecular weight is 476 g/mol. The molecule has 8 nitrogen and oxygen atoms in total. The quantitative estimate of drug-likeness (QED) is 0.503. The third-order valence-electron chi connectivity index (χ3n) is 4.05. The summed E-state index contributed by atoms with van der Waals surface area (Å²) in [7, 11) is 3.33. The summed E-state index contributed by atoms with van der Waals surface area (Å²) in [6.45, 7) is 4.17. The Morgan fingerprint density at radius 1 is 1.33 bits per heavy atom. The molecule has 1 heterocycles. The number of carbonyl (C=O) groups is 2. The first-order valence-electron chi connectivity index (χ1n) is 9.02. The predicted octanol–water partition coefficient (Wildman–Crippen LogP) is 3.80. The Kier molecular flexibility index (Phi) is 8.84. The topological polar surface area (TPSA) is 103 Å². The molecule has 0 spiro atoms. The maximum Gasteiger partial charge on any atom is 0.344 e. The Morgan fingerprint density at radius 3 is 2.67 bits per heavy atom. The van der Waals surface area contributed by atoms with Gasteiger partial charge in [-0.25, -0.2) is 4.79 Å². The molecule has 2 N–H and O–H groups in total. The Labute approximate surface area is 188 Å². The van der Waals surface area contributed by atoms with Crippen molar-refractivity contribution in [2.45, 2.75) is 36.3 Å². The van der Waals surface area contributed by atoms with Gasteiger partial charge in [-0.2, -0.15) is 5.10 Å². The Balaban J connectivity index is 2.31. The smallest absolute Gasteiger partial charge is 0.344 e. The van der Waals surface area contributed by atoms with Crippen LogP contribution in [-0.4, -0.2) is 53.1 Å². The zero-order valence-corrected chi connectivity index (χ0v) is 19.3. The predicted molar refractivity (Wildman–Crippen MR) is 115 cm³/mol. The van der Waals surface area contributed by atoms with Crippen LogP contribution in [0.3, 0.4) is 0 Å². The van der Waals surface area contributed by atoms with E-state index in [1.165, 1.54) is 24.8 Å². The van der Waals surface area contributed by atoms with Crippen molar-refractivity contribution in [2.75, 3.05) is 20.3 Å². The van der Waals surface area contributed by atoms with Crippen molar-refractivity contribution in [2.24, 2.45) is 7.05 Å². The molecule has 1 aromatic heterocycles. The number of hydrogen-bond acceptors (Lipinski definition) is 6. The molecule has 2 rings (SSSR count). The van der Waals surface area contributed by atoms with E-state index in [9.17, 15) is 9.59 Å². The van der Waals surface area contributed by atoms with E-state index in [2.05, 4.69) is 10.4 Å². The van der Waals surface area contributed by atoms with Crippen LogP contribution in [-0.2, 0) is 16.6 Å². The third kappa shape index (κ3) is 6.04. The average Bonchev–Trinajstić information content (AvgIpc) is 2.95. The number of carboxylic acids is 1. The molecule has 1 amide bonds. The number of carbonyl (C=O) groups excluding carboxylic acids is 1. The van der Waals surface area contributed by atoms with Gasteiger partial charge in [0.25, 0.3) is 5.91 Å². The SMILES string of the molecule is COCCCNC(=O)c1c(C)nn(C)c1Sc1cc(O[C@@H](C)C(=O)O)c(Cl)cc1Cl. The molecule has 0 aliphatic heterocycles. The van der Waals surface area contributed by atoms with Crippen LogP contribution < -0.4 is 10.1 Å². The molecule has 0 fully saturated rings. The van der Waals surface area contributed by atoms with Crippen molar-refractivity contribution in [3.8, 4) is 5.75 Å². The van der Waals surface area contributed by atoms with Crippen LogP contribution in [0.2, 0.25) is 10.0 Å². The molecule has 30 heavy (non-hydrogen) atoms. The molecule has 0 aliphatic carbocycles. The van der Waals surface area contributed by atoms with Gasteiger partial charge in [0.2, 0.25) is 0 Å². The normalized spacial score (nSPS) is 11.9. The molecule has 0 unspecified atom stereocenters. The van der Waals surface area contributed by atoms with Gasteiger partial charge in [-0.1, -0.05) is 35.0 Å². The van der Waals surface area contributed by atoms with Crippen molar-refractivity contribution < 1.29 is 24.2 Å². The molecular weight excluding hydrogens is 453 g/mol. The molecule has 1 aromatic carbocycles. The number of ether oxygens (including phenoxy) is 2. The lowest BCUT2D eigenvalue weighted by atomic mass is 10.2. The lowest BCUT2D eigenvalue weighted by Gasteiger charge is -2.14. The van der Waals surface area contributed by atoms with E-state index in [1.54, 1.807) is 31.8 Å². The van der Waals surface area contributed by atoms with E-state index in [1.807, 2.05) is 0 Å². The summed E-state index contributed by atoms with van der Waals surface area (Å²) in [6, 6.07) is 3.03. The molecule has 0 bridgehead atoms. The minimum Gasteiger partial charge on any atom is -0.479 e. The van der Waals surface area contributed by atoms with Gasteiger partial charge in [0.1, 0.15) is 10.8 Å².